The molecular weight excluding hydrogens is 270 g/mol. The first kappa shape index (κ1) is 17.0. The van der Waals surface area contributed by atoms with E-state index in [1.165, 1.54) is 0 Å². The number of esters is 1. The molecule has 0 aliphatic heterocycles. The Morgan fingerprint density at radius 3 is 2.62 bits per heavy atom. The van der Waals surface area contributed by atoms with Crippen LogP contribution in [0, 0.1) is 6.07 Å². The molecule has 115 valence electrons. The molecule has 0 aliphatic rings. The summed E-state index contributed by atoms with van der Waals surface area (Å²) in [6.45, 7) is 7.26. The molecule has 1 N–H and O–H groups in total. The molecule has 0 saturated heterocycles. The molecule has 1 amide bonds. The van der Waals surface area contributed by atoms with Crippen LogP contribution in [0.2, 0.25) is 0 Å². The molecule has 5 heteroatoms. The Kier molecular flexibility index (Phi) is 6.21. The third-order valence-electron chi connectivity index (χ3n) is 2.47. The number of amides is 1. The van der Waals surface area contributed by atoms with Crippen LogP contribution in [-0.2, 0) is 20.7 Å². The molecule has 0 aromatic heterocycles. The van der Waals surface area contributed by atoms with Crippen LogP contribution in [0.5, 0.6) is 0 Å². The molecule has 0 heterocycles. The summed E-state index contributed by atoms with van der Waals surface area (Å²) in [5.41, 5.74) is 0.260. The van der Waals surface area contributed by atoms with Gasteiger partial charge >= 0.3 is 12.1 Å². The highest BCUT2D eigenvalue weighted by molar-refractivity contribution is 5.81. The summed E-state index contributed by atoms with van der Waals surface area (Å²) in [6, 6.07) is 9.37. The maximum atomic E-state index is 11.9. The lowest BCUT2D eigenvalue weighted by atomic mass is 10.1. The minimum atomic E-state index is -0.782. The summed E-state index contributed by atoms with van der Waals surface area (Å²) < 4.78 is 10.2. The predicted octanol–water partition coefficient (Wildman–Crippen LogP) is 2.49. The van der Waals surface area contributed by atoms with E-state index in [-0.39, 0.29) is 6.61 Å². The normalized spacial score (nSPS) is 12.4. The molecule has 0 unspecified atom stereocenters. The molecule has 21 heavy (non-hydrogen) atoms. The van der Waals surface area contributed by atoms with Crippen LogP contribution in [0.15, 0.2) is 24.3 Å². The van der Waals surface area contributed by atoms with Gasteiger partial charge in [0.1, 0.15) is 11.6 Å². The molecule has 0 fully saturated rings. The standard InChI is InChI=1S/C16H22NO4/c1-5-20-14(18)13(11-12-9-7-6-8-10-12)17-15(19)21-16(2,3)4/h6-7,9-10,13H,5,11H2,1-4H3,(H,17,19)/t13-/m0/s1. The Bertz CT molecular complexity index is 465. The maximum absolute atomic E-state index is 11.9. The smallest absolute Gasteiger partial charge is 0.408 e. The van der Waals surface area contributed by atoms with Crippen LogP contribution in [0.1, 0.15) is 33.3 Å². The molecule has 1 rings (SSSR count). The summed E-state index contributed by atoms with van der Waals surface area (Å²) >= 11 is 0. The van der Waals surface area contributed by atoms with E-state index in [9.17, 15) is 9.59 Å². The van der Waals surface area contributed by atoms with Crippen molar-refractivity contribution >= 4 is 12.1 Å². The van der Waals surface area contributed by atoms with Gasteiger partial charge in [0.25, 0.3) is 0 Å². The quantitative estimate of drug-likeness (QED) is 0.847. The van der Waals surface area contributed by atoms with Crippen molar-refractivity contribution in [3.63, 3.8) is 0 Å². The number of rotatable bonds is 5. The van der Waals surface area contributed by atoms with Gasteiger partial charge in [0.05, 0.1) is 6.61 Å². The van der Waals surface area contributed by atoms with Gasteiger partial charge in [0.15, 0.2) is 0 Å². The summed E-state index contributed by atoms with van der Waals surface area (Å²) in [5.74, 6) is -0.479. The fourth-order valence-corrected chi connectivity index (χ4v) is 1.68. The van der Waals surface area contributed by atoms with E-state index in [1.807, 2.05) is 12.1 Å². The van der Waals surface area contributed by atoms with E-state index in [0.29, 0.717) is 6.42 Å². The Hall–Kier alpha value is -2.04. The van der Waals surface area contributed by atoms with Gasteiger partial charge in [0, 0.05) is 6.42 Å². The molecule has 1 atom stereocenters. The zero-order valence-electron chi connectivity index (χ0n) is 12.9. The van der Waals surface area contributed by atoms with Gasteiger partial charge in [-0.15, -0.1) is 0 Å². The van der Waals surface area contributed by atoms with Crippen LogP contribution >= 0.6 is 0 Å². The molecule has 0 bridgehead atoms. The van der Waals surface area contributed by atoms with Crippen molar-refractivity contribution in [1.29, 1.82) is 0 Å². The average molecular weight is 292 g/mol. The van der Waals surface area contributed by atoms with Gasteiger partial charge < -0.3 is 14.8 Å². The average Bonchev–Trinajstić information content (AvgIpc) is 2.37. The van der Waals surface area contributed by atoms with Crippen molar-refractivity contribution in [2.45, 2.75) is 45.8 Å². The lowest BCUT2D eigenvalue weighted by molar-refractivity contribution is -0.145. The van der Waals surface area contributed by atoms with Crippen molar-refractivity contribution < 1.29 is 19.1 Å². The lowest BCUT2D eigenvalue weighted by Crippen LogP contribution is -2.45. The Labute approximate surface area is 125 Å². The number of carbonyl (C=O) groups is 2. The van der Waals surface area contributed by atoms with E-state index in [2.05, 4.69) is 11.4 Å². The number of ether oxygens (including phenoxy) is 2. The van der Waals surface area contributed by atoms with E-state index >= 15 is 0 Å². The number of carbonyl (C=O) groups excluding carboxylic acids is 2. The van der Waals surface area contributed by atoms with Crippen LogP contribution in [0.3, 0.4) is 0 Å². The molecule has 0 saturated carbocycles. The van der Waals surface area contributed by atoms with Gasteiger partial charge in [0.2, 0.25) is 0 Å². The zero-order valence-corrected chi connectivity index (χ0v) is 12.9. The second-order valence-electron chi connectivity index (χ2n) is 5.57. The summed E-state index contributed by atoms with van der Waals surface area (Å²) in [7, 11) is 0. The number of alkyl carbamates (subject to hydrolysis) is 1. The zero-order chi connectivity index (χ0) is 15.9. The second-order valence-corrected chi connectivity index (χ2v) is 5.57. The predicted molar refractivity (Wildman–Crippen MR) is 78.8 cm³/mol. The van der Waals surface area contributed by atoms with Crippen LogP contribution < -0.4 is 5.32 Å². The van der Waals surface area contributed by atoms with Gasteiger partial charge in [-0.3, -0.25) is 0 Å². The molecule has 1 aromatic rings. The van der Waals surface area contributed by atoms with Crippen molar-refractivity contribution in [2.75, 3.05) is 6.61 Å². The summed E-state index contributed by atoms with van der Waals surface area (Å²) in [6.07, 6.45) is -0.310. The fraction of sp³-hybridized carbons (Fsp3) is 0.500. The van der Waals surface area contributed by atoms with Gasteiger partial charge in [-0.05, 0) is 39.3 Å². The van der Waals surface area contributed by atoms with Crippen LogP contribution in [0.25, 0.3) is 0 Å². The second kappa shape index (κ2) is 7.67. The van der Waals surface area contributed by atoms with E-state index in [1.54, 1.807) is 39.8 Å². The minimum absolute atomic E-state index is 0.256. The number of hydrogen-bond donors (Lipinski definition) is 1. The molecule has 0 aliphatic carbocycles. The topological polar surface area (TPSA) is 64.6 Å². The molecule has 1 radical (unpaired) electrons. The first-order valence-electron chi connectivity index (χ1n) is 6.93. The Balaban J connectivity index is 2.73. The van der Waals surface area contributed by atoms with Gasteiger partial charge in [-0.25, -0.2) is 9.59 Å². The highest BCUT2D eigenvalue weighted by Crippen LogP contribution is 2.09. The third kappa shape index (κ3) is 6.79. The van der Waals surface area contributed by atoms with E-state index in [0.717, 1.165) is 5.56 Å². The van der Waals surface area contributed by atoms with Crippen molar-refractivity contribution in [3.8, 4) is 0 Å². The van der Waals surface area contributed by atoms with E-state index in [4.69, 9.17) is 9.47 Å². The highest BCUT2D eigenvalue weighted by atomic mass is 16.6. The van der Waals surface area contributed by atoms with Crippen LogP contribution in [-0.4, -0.2) is 30.3 Å². The molecule has 5 nitrogen and oxygen atoms in total. The number of hydrogen-bond acceptors (Lipinski definition) is 4. The lowest BCUT2D eigenvalue weighted by Gasteiger charge is -2.22. The Morgan fingerprint density at radius 2 is 2.10 bits per heavy atom. The van der Waals surface area contributed by atoms with Crippen molar-refractivity contribution in [1.82, 2.24) is 5.32 Å². The highest BCUT2D eigenvalue weighted by Gasteiger charge is 2.25. The monoisotopic (exact) mass is 292 g/mol. The van der Waals surface area contributed by atoms with Crippen molar-refractivity contribution in [2.24, 2.45) is 0 Å². The minimum Gasteiger partial charge on any atom is -0.464 e. The summed E-state index contributed by atoms with van der Waals surface area (Å²) in [5, 5.41) is 2.56. The fourth-order valence-electron chi connectivity index (χ4n) is 1.68. The molecule has 1 aromatic carbocycles. The van der Waals surface area contributed by atoms with Crippen molar-refractivity contribution in [3.05, 3.63) is 35.9 Å². The van der Waals surface area contributed by atoms with Crippen LogP contribution in [0.4, 0.5) is 4.79 Å². The van der Waals surface area contributed by atoms with E-state index < -0.39 is 23.7 Å². The first-order chi connectivity index (χ1) is 9.81. The maximum Gasteiger partial charge on any atom is 0.408 e. The third-order valence-corrected chi connectivity index (χ3v) is 2.47. The van der Waals surface area contributed by atoms with Gasteiger partial charge in [-0.2, -0.15) is 0 Å². The molecule has 0 spiro atoms. The largest absolute Gasteiger partial charge is 0.464 e. The molecular formula is C16H22NO4. The summed E-state index contributed by atoms with van der Waals surface area (Å²) in [4.78, 5) is 23.8. The Morgan fingerprint density at radius 1 is 1.38 bits per heavy atom. The van der Waals surface area contributed by atoms with Gasteiger partial charge in [-0.1, -0.05) is 24.3 Å². The number of nitrogens with one attached hydrogen (secondary N) is 1. The number of benzene rings is 1. The first-order valence-corrected chi connectivity index (χ1v) is 6.93. The SMILES string of the molecule is CCOC(=O)[C@H](Cc1c[c]ccc1)NC(=O)OC(C)(C)C.